The van der Waals surface area contributed by atoms with Crippen molar-refractivity contribution in [1.82, 2.24) is 0 Å². The van der Waals surface area contributed by atoms with Gasteiger partial charge >= 0.3 is 36.1 Å². The van der Waals surface area contributed by atoms with Gasteiger partial charge in [0.15, 0.2) is 6.61 Å². The lowest BCUT2D eigenvalue weighted by Gasteiger charge is -2.32. The Labute approximate surface area is 128 Å². The molecule has 0 heterocycles. The van der Waals surface area contributed by atoms with Crippen LogP contribution >= 0.6 is 0 Å². The first-order valence-corrected chi connectivity index (χ1v) is 6.07. The van der Waals surface area contributed by atoms with Crippen LogP contribution in [0.2, 0.25) is 0 Å². The molecule has 1 atom stereocenters. The second kappa shape index (κ2) is 6.92. The molecule has 3 nitrogen and oxygen atoms in total. The maximum atomic E-state index is 13.3. The molecular formula is C11H12F10O3. The molecule has 1 unspecified atom stereocenters. The first-order chi connectivity index (χ1) is 10.4. The summed E-state index contributed by atoms with van der Waals surface area (Å²) in [7, 11) is 0. The van der Waals surface area contributed by atoms with Crippen molar-refractivity contribution in [3.05, 3.63) is 0 Å². The molecule has 0 bridgehead atoms. The molecule has 0 saturated carbocycles. The van der Waals surface area contributed by atoms with E-state index in [2.05, 4.69) is 4.74 Å². The predicted molar refractivity (Wildman–Crippen MR) is 57.6 cm³/mol. The normalized spacial score (nSPS) is 15.8. The van der Waals surface area contributed by atoms with E-state index in [1.807, 2.05) is 0 Å². The number of rotatable bonds is 8. The Kier molecular flexibility index (Phi) is 6.56. The smallest absolute Gasteiger partial charge is 0.381 e. The number of carbonyl (C=O) groups excluding carboxylic acids is 1. The van der Waals surface area contributed by atoms with E-state index in [4.69, 9.17) is 5.11 Å². The second-order valence-corrected chi connectivity index (χ2v) is 5.09. The third-order valence-electron chi connectivity index (χ3n) is 2.81. The molecule has 1 N–H and O–H groups in total. The van der Waals surface area contributed by atoms with Crippen LogP contribution in [0, 0.1) is 5.92 Å². The Hall–Kier alpha value is -1.27. The first-order valence-electron chi connectivity index (χ1n) is 6.07. The highest BCUT2D eigenvalue weighted by Crippen LogP contribution is 2.48. The van der Waals surface area contributed by atoms with E-state index in [1.54, 1.807) is 0 Å². The van der Waals surface area contributed by atoms with Crippen LogP contribution < -0.4 is 0 Å². The minimum atomic E-state index is -6.69. The minimum absolute atomic E-state index is 0.984. The Bertz CT molecular complexity index is 449. The molecule has 0 aromatic carbocycles. The average Bonchev–Trinajstić information content (AvgIpc) is 2.42. The van der Waals surface area contributed by atoms with Crippen LogP contribution in [0.4, 0.5) is 43.9 Å². The Morgan fingerprint density at radius 2 is 1.42 bits per heavy atom. The number of carbonyl (C=O) groups is 1. The van der Waals surface area contributed by atoms with Crippen molar-refractivity contribution in [2.24, 2.45) is 5.92 Å². The van der Waals surface area contributed by atoms with Crippen LogP contribution in [0.5, 0.6) is 0 Å². The van der Waals surface area contributed by atoms with Crippen molar-refractivity contribution in [3.8, 4) is 0 Å². The summed E-state index contributed by atoms with van der Waals surface area (Å²) >= 11 is 0. The Balaban J connectivity index is 5.24. The van der Waals surface area contributed by atoms with Crippen molar-refractivity contribution >= 4 is 5.97 Å². The molecule has 0 spiro atoms. The molecule has 0 saturated heterocycles. The van der Waals surface area contributed by atoms with Crippen LogP contribution in [0.15, 0.2) is 0 Å². The Morgan fingerprint density at radius 1 is 1.00 bits per heavy atom. The lowest BCUT2D eigenvalue weighted by molar-refractivity contribution is -0.345. The van der Waals surface area contributed by atoms with E-state index < -0.39 is 54.7 Å². The number of aliphatic hydroxyl groups excluding tert-OH is 1. The van der Waals surface area contributed by atoms with Gasteiger partial charge in [-0.05, 0) is 5.92 Å². The average molecular weight is 382 g/mol. The molecule has 0 aromatic heterocycles. The maximum Gasteiger partial charge on any atom is 0.381 e. The van der Waals surface area contributed by atoms with Crippen molar-refractivity contribution in [2.75, 3.05) is 6.61 Å². The van der Waals surface area contributed by atoms with Gasteiger partial charge in [-0.25, -0.2) is 13.6 Å². The molecule has 0 radical (unpaired) electrons. The van der Waals surface area contributed by atoms with Crippen LogP contribution in [0.3, 0.4) is 0 Å². The summed E-state index contributed by atoms with van der Waals surface area (Å²) in [6.07, 6.45) is -7.94. The number of hydrogen-bond donors (Lipinski definition) is 1. The van der Waals surface area contributed by atoms with Gasteiger partial charge in [0, 0.05) is 0 Å². The highest BCUT2D eigenvalue weighted by atomic mass is 19.4. The van der Waals surface area contributed by atoms with Gasteiger partial charge < -0.3 is 9.84 Å². The van der Waals surface area contributed by atoms with Gasteiger partial charge in [-0.3, -0.25) is 0 Å². The molecule has 0 aliphatic heterocycles. The van der Waals surface area contributed by atoms with Gasteiger partial charge in [0.05, 0.1) is 0 Å². The molecular weight excluding hydrogens is 370 g/mol. The van der Waals surface area contributed by atoms with E-state index in [0.29, 0.717) is 0 Å². The van der Waals surface area contributed by atoms with Crippen molar-refractivity contribution in [1.29, 1.82) is 0 Å². The van der Waals surface area contributed by atoms with Gasteiger partial charge in [-0.1, -0.05) is 13.8 Å². The van der Waals surface area contributed by atoms with Crippen LogP contribution in [-0.4, -0.2) is 53.9 Å². The van der Waals surface area contributed by atoms with E-state index >= 15 is 0 Å². The van der Waals surface area contributed by atoms with E-state index in [0.717, 1.165) is 13.8 Å². The second-order valence-electron chi connectivity index (χ2n) is 5.09. The zero-order valence-corrected chi connectivity index (χ0v) is 12.0. The maximum absolute atomic E-state index is 13.3. The molecule has 0 fully saturated rings. The molecule has 0 rings (SSSR count). The summed E-state index contributed by atoms with van der Waals surface area (Å²) in [4.78, 5) is 10.9. The molecule has 144 valence electrons. The fourth-order valence-electron chi connectivity index (χ4n) is 1.26. The molecule has 13 heteroatoms. The third-order valence-corrected chi connectivity index (χ3v) is 2.81. The fraction of sp³-hybridized carbons (Fsp3) is 0.909. The molecule has 0 aliphatic carbocycles. The van der Waals surface area contributed by atoms with Crippen molar-refractivity contribution in [2.45, 2.75) is 50.1 Å². The van der Waals surface area contributed by atoms with E-state index in [9.17, 15) is 48.7 Å². The molecule has 0 aromatic rings. The third kappa shape index (κ3) is 4.03. The lowest BCUT2D eigenvalue weighted by atomic mass is 10.0. The van der Waals surface area contributed by atoms with Crippen LogP contribution in [0.1, 0.15) is 13.8 Å². The number of hydrogen-bond acceptors (Lipinski definition) is 3. The number of esters is 1. The predicted octanol–water partition coefficient (Wildman–Crippen LogP) is 3.35. The topological polar surface area (TPSA) is 46.5 Å². The lowest BCUT2D eigenvalue weighted by Crippen LogP contribution is -2.59. The molecule has 24 heavy (non-hydrogen) atoms. The summed E-state index contributed by atoms with van der Waals surface area (Å²) in [5, 5.41) is 9.01. The number of halogens is 10. The van der Waals surface area contributed by atoms with Gasteiger partial charge in [0.25, 0.3) is 0 Å². The van der Waals surface area contributed by atoms with Gasteiger partial charge in [-0.2, -0.15) is 35.1 Å². The summed E-state index contributed by atoms with van der Waals surface area (Å²) in [5.41, 5.74) is 0. The summed E-state index contributed by atoms with van der Waals surface area (Å²) in [6.45, 7) is -1.06. The SMILES string of the molecule is CC(C)C(O)C(F)(F)C(=O)OCC(F)(F)C(F)(F)C(F)(F)C(F)F. The van der Waals surface area contributed by atoms with Gasteiger partial charge in [-0.15, -0.1) is 0 Å². The quantitative estimate of drug-likeness (QED) is 0.518. The van der Waals surface area contributed by atoms with Crippen molar-refractivity contribution < 1.29 is 58.5 Å². The van der Waals surface area contributed by atoms with Gasteiger partial charge in [0.2, 0.25) is 0 Å². The molecule has 0 amide bonds. The van der Waals surface area contributed by atoms with Crippen LogP contribution in [-0.2, 0) is 9.53 Å². The first kappa shape index (κ1) is 22.7. The zero-order valence-electron chi connectivity index (χ0n) is 12.0. The summed E-state index contributed by atoms with van der Waals surface area (Å²) < 4.78 is 130. The van der Waals surface area contributed by atoms with Crippen molar-refractivity contribution in [3.63, 3.8) is 0 Å². The minimum Gasteiger partial charge on any atom is -0.455 e. The largest absolute Gasteiger partial charge is 0.455 e. The zero-order chi connectivity index (χ0) is 19.7. The number of ether oxygens (including phenoxy) is 1. The van der Waals surface area contributed by atoms with Crippen LogP contribution in [0.25, 0.3) is 0 Å². The highest BCUT2D eigenvalue weighted by Gasteiger charge is 2.75. The number of alkyl halides is 10. The molecule has 0 aliphatic rings. The van der Waals surface area contributed by atoms with E-state index in [1.165, 1.54) is 0 Å². The summed E-state index contributed by atoms with van der Waals surface area (Å²) in [6, 6.07) is 0. The van der Waals surface area contributed by atoms with Gasteiger partial charge in [0.1, 0.15) is 6.10 Å². The van der Waals surface area contributed by atoms with E-state index in [-0.39, 0.29) is 0 Å². The monoisotopic (exact) mass is 382 g/mol. The number of aliphatic hydroxyl groups is 1. The summed E-state index contributed by atoms with van der Waals surface area (Å²) in [5.74, 6) is -28.3. The fourth-order valence-corrected chi connectivity index (χ4v) is 1.26. The highest BCUT2D eigenvalue weighted by molar-refractivity contribution is 5.78. The standard InChI is InChI=1S/C11H12F10O3/c1-4(2)5(22)9(16,17)7(23)24-3-8(14,15)11(20,21)10(18,19)6(12)13/h4-6,22H,3H2,1-2H3. The Morgan fingerprint density at radius 3 is 1.75 bits per heavy atom.